The molecule has 0 fully saturated rings. The van der Waals surface area contributed by atoms with Crippen molar-refractivity contribution in [2.75, 3.05) is 19.6 Å². The van der Waals surface area contributed by atoms with Gasteiger partial charge in [0.15, 0.2) is 0 Å². The summed E-state index contributed by atoms with van der Waals surface area (Å²) in [5.74, 6) is 0.419. The molecule has 0 unspecified atom stereocenters. The first kappa shape index (κ1) is 17.2. The summed E-state index contributed by atoms with van der Waals surface area (Å²) in [5.41, 5.74) is 3.42. The van der Waals surface area contributed by atoms with Gasteiger partial charge in [-0.05, 0) is 37.4 Å². The van der Waals surface area contributed by atoms with Crippen LogP contribution in [0, 0.1) is 24.2 Å². The maximum absolute atomic E-state index is 9.03. The molecule has 4 heteroatoms. The van der Waals surface area contributed by atoms with E-state index in [0.29, 0.717) is 11.6 Å². The van der Waals surface area contributed by atoms with Crippen LogP contribution < -0.4 is 10.6 Å². The van der Waals surface area contributed by atoms with Crippen molar-refractivity contribution in [1.82, 2.24) is 15.6 Å². The van der Waals surface area contributed by atoms with Crippen LogP contribution in [0.15, 0.2) is 18.2 Å². The van der Waals surface area contributed by atoms with Crippen molar-refractivity contribution >= 4 is 5.70 Å². The first-order chi connectivity index (χ1) is 10.1. The van der Waals surface area contributed by atoms with Gasteiger partial charge < -0.3 is 10.6 Å². The lowest BCUT2D eigenvalue weighted by molar-refractivity contribution is 0.653. The Labute approximate surface area is 128 Å². The highest BCUT2D eigenvalue weighted by atomic mass is 15.0. The van der Waals surface area contributed by atoms with Gasteiger partial charge in [-0.25, -0.2) is 4.98 Å². The molecule has 1 heterocycles. The van der Waals surface area contributed by atoms with E-state index < -0.39 is 0 Å². The Hall–Kier alpha value is -1.86. The van der Waals surface area contributed by atoms with E-state index in [1.54, 1.807) is 6.07 Å². The molecule has 0 atom stereocenters. The molecule has 0 aliphatic carbocycles. The van der Waals surface area contributed by atoms with E-state index in [0.717, 1.165) is 43.0 Å². The van der Waals surface area contributed by atoms with Crippen molar-refractivity contribution in [3.8, 4) is 6.07 Å². The van der Waals surface area contributed by atoms with E-state index in [-0.39, 0.29) is 0 Å². The molecule has 0 aliphatic rings. The molecule has 0 bridgehead atoms. The first-order valence-electron chi connectivity index (χ1n) is 7.63. The number of allylic oxidation sites excluding steroid dienone is 1. The maximum Gasteiger partial charge on any atom is 0.141 e. The summed E-state index contributed by atoms with van der Waals surface area (Å²) in [6, 6.07) is 5.82. The van der Waals surface area contributed by atoms with Gasteiger partial charge in [-0.3, -0.25) is 0 Å². The molecule has 0 saturated carbocycles. The number of nitriles is 1. The Bertz CT molecular complexity index is 512. The molecule has 0 saturated heterocycles. The topological polar surface area (TPSA) is 60.7 Å². The second-order valence-electron chi connectivity index (χ2n) is 5.47. The summed E-state index contributed by atoms with van der Waals surface area (Å²) in [4.78, 5) is 4.45. The van der Waals surface area contributed by atoms with Crippen molar-refractivity contribution in [3.63, 3.8) is 0 Å². The van der Waals surface area contributed by atoms with Crippen LogP contribution in [0.5, 0.6) is 0 Å². The van der Waals surface area contributed by atoms with Crippen molar-refractivity contribution in [1.29, 1.82) is 5.26 Å². The molecule has 2 N–H and O–H groups in total. The van der Waals surface area contributed by atoms with Crippen LogP contribution in [0.2, 0.25) is 0 Å². The second kappa shape index (κ2) is 9.15. The molecule has 0 aliphatic heterocycles. The smallest absolute Gasteiger partial charge is 0.141 e. The van der Waals surface area contributed by atoms with Crippen LogP contribution in [0.1, 0.15) is 44.1 Å². The maximum atomic E-state index is 9.03. The van der Waals surface area contributed by atoms with Crippen LogP contribution in [0.25, 0.3) is 5.70 Å². The summed E-state index contributed by atoms with van der Waals surface area (Å²) in [6.45, 7) is 11.3. The van der Waals surface area contributed by atoms with Crippen molar-refractivity contribution in [3.05, 3.63) is 35.2 Å². The van der Waals surface area contributed by atoms with Gasteiger partial charge in [0, 0.05) is 13.1 Å². The zero-order chi connectivity index (χ0) is 15.7. The van der Waals surface area contributed by atoms with Crippen LogP contribution in [0.4, 0.5) is 0 Å². The lowest BCUT2D eigenvalue weighted by Crippen LogP contribution is -2.27. The fourth-order valence-corrected chi connectivity index (χ4v) is 2.01. The third kappa shape index (κ3) is 5.97. The average molecular weight is 286 g/mol. The molecule has 0 amide bonds. The molecule has 1 aromatic rings. The third-order valence-corrected chi connectivity index (χ3v) is 3.01. The predicted molar refractivity (Wildman–Crippen MR) is 87.7 cm³/mol. The number of aryl methyl sites for hydroxylation is 1. The van der Waals surface area contributed by atoms with Gasteiger partial charge in [0.05, 0.1) is 11.4 Å². The van der Waals surface area contributed by atoms with Gasteiger partial charge in [-0.15, -0.1) is 0 Å². The van der Waals surface area contributed by atoms with E-state index in [1.807, 2.05) is 13.0 Å². The highest BCUT2D eigenvalue weighted by Crippen LogP contribution is 2.16. The van der Waals surface area contributed by atoms with Gasteiger partial charge in [0.1, 0.15) is 11.8 Å². The minimum atomic E-state index is 0.419. The van der Waals surface area contributed by atoms with Crippen molar-refractivity contribution in [2.24, 2.45) is 5.92 Å². The zero-order valence-corrected chi connectivity index (χ0v) is 13.5. The number of aromatic nitrogens is 1. The van der Waals surface area contributed by atoms with Gasteiger partial charge in [-0.2, -0.15) is 5.26 Å². The fourth-order valence-electron chi connectivity index (χ4n) is 2.01. The summed E-state index contributed by atoms with van der Waals surface area (Å²) in [7, 11) is 0. The van der Waals surface area contributed by atoms with Crippen molar-refractivity contribution < 1.29 is 0 Å². The molecule has 0 aromatic carbocycles. The number of hydrogen-bond donors (Lipinski definition) is 2. The molecule has 21 heavy (non-hydrogen) atoms. The highest BCUT2D eigenvalue weighted by Gasteiger charge is 2.09. The first-order valence-corrected chi connectivity index (χ1v) is 7.63. The molecule has 0 spiro atoms. The molecule has 1 aromatic heterocycles. The standard InChI is InChI=1S/C17H26N4/c1-5-8-19-9-10-20-16(11-13(2)3)17-14(4)6-7-15(12-18)21-17/h6-7,11,13,19-20H,5,8-10H2,1-4H3/b16-11+. The lowest BCUT2D eigenvalue weighted by Gasteiger charge is -2.14. The van der Waals surface area contributed by atoms with E-state index >= 15 is 0 Å². The zero-order valence-electron chi connectivity index (χ0n) is 13.5. The summed E-state index contributed by atoms with van der Waals surface area (Å²) < 4.78 is 0. The molecule has 4 nitrogen and oxygen atoms in total. The summed E-state index contributed by atoms with van der Waals surface area (Å²) in [6.07, 6.45) is 3.30. The van der Waals surface area contributed by atoms with Crippen molar-refractivity contribution in [2.45, 2.75) is 34.1 Å². The van der Waals surface area contributed by atoms with E-state index in [2.05, 4.69) is 48.5 Å². The molecular weight excluding hydrogens is 260 g/mol. The predicted octanol–water partition coefficient (Wildman–Crippen LogP) is 2.85. The number of nitrogens with zero attached hydrogens (tertiary/aromatic N) is 2. The minimum absolute atomic E-state index is 0.419. The summed E-state index contributed by atoms with van der Waals surface area (Å²) >= 11 is 0. The van der Waals surface area contributed by atoms with E-state index in [9.17, 15) is 0 Å². The van der Waals surface area contributed by atoms with Gasteiger partial charge in [0.2, 0.25) is 0 Å². The molecular formula is C17H26N4. The number of hydrogen-bond acceptors (Lipinski definition) is 4. The molecule has 0 radical (unpaired) electrons. The lowest BCUT2D eigenvalue weighted by atomic mass is 10.1. The number of rotatable bonds is 8. The van der Waals surface area contributed by atoms with Crippen LogP contribution in [0.3, 0.4) is 0 Å². The van der Waals surface area contributed by atoms with E-state index in [1.165, 1.54) is 0 Å². The minimum Gasteiger partial charge on any atom is -0.382 e. The van der Waals surface area contributed by atoms with Crippen LogP contribution >= 0.6 is 0 Å². The van der Waals surface area contributed by atoms with Gasteiger partial charge in [0.25, 0.3) is 0 Å². The fraction of sp³-hybridized carbons (Fsp3) is 0.529. The summed E-state index contributed by atoms with van der Waals surface area (Å²) in [5, 5.41) is 15.8. The molecule has 114 valence electrons. The Balaban J connectivity index is 2.86. The van der Waals surface area contributed by atoms with Crippen LogP contribution in [-0.2, 0) is 0 Å². The number of nitrogens with one attached hydrogen (secondary N) is 2. The Morgan fingerprint density at radius 1 is 1.33 bits per heavy atom. The van der Waals surface area contributed by atoms with E-state index in [4.69, 9.17) is 5.26 Å². The number of pyridine rings is 1. The highest BCUT2D eigenvalue weighted by molar-refractivity contribution is 5.64. The second-order valence-corrected chi connectivity index (χ2v) is 5.47. The van der Waals surface area contributed by atoms with Gasteiger partial charge in [-0.1, -0.05) is 32.9 Å². The Kier molecular flexibility index (Phi) is 7.49. The SMILES string of the molecule is CCCNCCN/C(=C/C(C)C)c1nc(C#N)ccc1C. The average Bonchev–Trinajstić information content (AvgIpc) is 2.46. The Morgan fingerprint density at radius 3 is 2.71 bits per heavy atom. The van der Waals surface area contributed by atoms with Crippen LogP contribution in [-0.4, -0.2) is 24.6 Å². The Morgan fingerprint density at radius 2 is 2.10 bits per heavy atom. The van der Waals surface area contributed by atoms with Gasteiger partial charge >= 0.3 is 0 Å². The third-order valence-electron chi connectivity index (χ3n) is 3.01. The molecule has 1 rings (SSSR count). The monoisotopic (exact) mass is 286 g/mol. The largest absolute Gasteiger partial charge is 0.382 e. The quantitative estimate of drug-likeness (QED) is 0.721. The normalized spacial score (nSPS) is 11.5.